The van der Waals surface area contributed by atoms with Crippen molar-refractivity contribution in [2.75, 3.05) is 13.1 Å². The molecule has 5 heteroatoms. The summed E-state index contributed by atoms with van der Waals surface area (Å²) in [6.45, 7) is 2.63. The van der Waals surface area contributed by atoms with Gasteiger partial charge in [0, 0.05) is 16.2 Å². The zero-order valence-corrected chi connectivity index (χ0v) is 11.5. The number of benzene rings is 1. The molecule has 0 radical (unpaired) electrons. The normalized spacial score (nSPS) is 11.7. The van der Waals surface area contributed by atoms with Gasteiger partial charge in [-0.1, -0.05) is 35.4 Å². The summed E-state index contributed by atoms with van der Waals surface area (Å²) in [5, 5.41) is 3.26. The number of carbonyl (C=O) groups is 2. The third-order valence-corrected chi connectivity index (χ3v) is 3.18. The quantitative estimate of drug-likeness (QED) is 0.784. The maximum Gasteiger partial charge on any atom is 0.252 e. The van der Waals surface area contributed by atoms with Crippen LogP contribution in [0.3, 0.4) is 0 Å². The topological polar surface area (TPSA) is 72.2 Å². The lowest BCUT2D eigenvalue weighted by molar-refractivity contribution is 0.0952. The number of hydrogen-bond donors (Lipinski definition) is 2. The van der Waals surface area contributed by atoms with Crippen LogP contribution in [-0.2, 0) is 0 Å². The second-order valence-corrected chi connectivity index (χ2v) is 4.57. The van der Waals surface area contributed by atoms with Crippen molar-refractivity contribution in [2.45, 2.75) is 13.3 Å². The van der Waals surface area contributed by atoms with Gasteiger partial charge in [0.15, 0.2) is 6.29 Å². The third kappa shape index (κ3) is 4.50. The lowest BCUT2D eigenvalue weighted by atomic mass is 10.1. The first-order chi connectivity index (χ1) is 9.10. The van der Waals surface area contributed by atoms with Crippen LogP contribution in [0.15, 0.2) is 34.9 Å². The number of nitrogens with two attached hydrogens (primary N) is 1. The van der Waals surface area contributed by atoms with Gasteiger partial charge >= 0.3 is 0 Å². The zero-order valence-electron chi connectivity index (χ0n) is 10.8. The van der Waals surface area contributed by atoms with Crippen LogP contribution in [0, 0.1) is 0 Å². The van der Waals surface area contributed by atoms with Crippen LogP contribution in [0.25, 0.3) is 0 Å². The fourth-order valence-electron chi connectivity index (χ4n) is 1.56. The summed E-state index contributed by atoms with van der Waals surface area (Å²) in [6, 6.07) is 6.61. The molecule has 1 aromatic carbocycles. The second-order valence-electron chi connectivity index (χ2n) is 4.11. The number of aldehydes is 1. The molecule has 19 heavy (non-hydrogen) atoms. The smallest absolute Gasteiger partial charge is 0.252 e. The number of carbonyl (C=O) groups excluding carboxylic acids is 2. The van der Waals surface area contributed by atoms with Crippen LogP contribution >= 0.6 is 11.6 Å². The molecular weight excluding hydrogens is 264 g/mol. The molecule has 102 valence electrons. The van der Waals surface area contributed by atoms with E-state index in [2.05, 4.69) is 5.32 Å². The summed E-state index contributed by atoms with van der Waals surface area (Å²) in [5.74, 6) is -0.318. The molecule has 1 amide bonds. The van der Waals surface area contributed by atoms with E-state index in [-0.39, 0.29) is 12.5 Å². The monoisotopic (exact) mass is 280 g/mol. The third-order valence-electron chi connectivity index (χ3n) is 2.72. The Balaban J connectivity index is 2.71. The van der Waals surface area contributed by atoms with Crippen LogP contribution in [0.1, 0.15) is 34.1 Å². The highest BCUT2D eigenvalue weighted by Crippen LogP contribution is 2.12. The Morgan fingerprint density at radius 1 is 1.42 bits per heavy atom. The molecule has 0 aliphatic rings. The van der Waals surface area contributed by atoms with Gasteiger partial charge in [-0.2, -0.15) is 0 Å². The average Bonchev–Trinajstić information content (AvgIpc) is 2.44. The summed E-state index contributed by atoms with van der Waals surface area (Å²) in [7, 11) is 0. The van der Waals surface area contributed by atoms with Crippen molar-refractivity contribution >= 4 is 23.8 Å². The summed E-state index contributed by atoms with van der Waals surface area (Å²) >= 11 is 6.06. The minimum Gasteiger partial charge on any atom is -0.347 e. The van der Waals surface area contributed by atoms with Crippen LogP contribution in [0.2, 0.25) is 0 Å². The van der Waals surface area contributed by atoms with Crippen LogP contribution < -0.4 is 11.1 Å². The molecule has 0 aliphatic heterocycles. The van der Waals surface area contributed by atoms with E-state index in [0.717, 1.165) is 5.57 Å². The van der Waals surface area contributed by atoms with Crippen molar-refractivity contribution in [1.82, 2.24) is 5.32 Å². The predicted octanol–water partition coefficient (Wildman–Crippen LogP) is 2.09. The molecule has 1 rings (SSSR count). The number of nitrogens with one attached hydrogen (secondary N) is 1. The molecule has 0 bridgehead atoms. The van der Waals surface area contributed by atoms with Gasteiger partial charge in [0.25, 0.3) is 5.91 Å². The first kappa shape index (κ1) is 15.4. The molecular formula is C14H17ClN2O2. The molecule has 0 heterocycles. The molecule has 0 unspecified atom stereocenters. The van der Waals surface area contributed by atoms with E-state index in [4.69, 9.17) is 17.3 Å². The Morgan fingerprint density at radius 2 is 2.11 bits per heavy atom. The lowest BCUT2D eigenvalue weighted by Gasteiger charge is -2.08. The molecule has 0 fully saturated rings. The molecule has 0 aliphatic carbocycles. The van der Waals surface area contributed by atoms with Gasteiger partial charge in [0.2, 0.25) is 0 Å². The van der Waals surface area contributed by atoms with Crippen molar-refractivity contribution < 1.29 is 9.59 Å². The number of hydrogen-bond acceptors (Lipinski definition) is 3. The Labute approximate surface area is 117 Å². The van der Waals surface area contributed by atoms with Gasteiger partial charge in [-0.25, -0.2) is 0 Å². The van der Waals surface area contributed by atoms with E-state index in [9.17, 15) is 9.59 Å². The van der Waals surface area contributed by atoms with Gasteiger partial charge in [0.05, 0.1) is 6.54 Å². The molecule has 0 spiro atoms. The van der Waals surface area contributed by atoms with E-state index >= 15 is 0 Å². The molecule has 1 aromatic rings. The molecule has 3 N–H and O–H groups in total. The highest BCUT2D eigenvalue weighted by atomic mass is 35.5. The fraction of sp³-hybridized carbons (Fsp3) is 0.286. The number of rotatable bonds is 6. The lowest BCUT2D eigenvalue weighted by Crippen LogP contribution is -2.26. The second kappa shape index (κ2) is 7.71. The highest BCUT2D eigenvalue weighted by molar-refractivity contribution is 6.30. The Morgan fingerprint density at radius 3 is 2.74 bits per heavy atom. The standard InChI is InChI=1S/C14H17ClN2O2/c1-10(6-7-16)13(15)8-17-14(19)12-5-3-2-4-11(12)9-18/h2-5,9H,6-8,16H2,1H3,(H,17,19)/b13-10-. The van der Waals surface area contributed by atoms with Crippen LogP contribution in [0.5, 0.6) is 0 Å². The average molecular weight is 281 g/mol. The minimum atomic E-state index is -0.318. The maximum absolute atomic E-state index is 11.9. The number of halogens is 1. The van der Waals surface area contributed by atoms with Crippen molar-refractivity contribution in [3.8, 4) is 0 Å². The molecule has 4 nitrogen and oxygen atoms in total. The first-order valence-corrected chi connectivity index (χ1v) is 6.34. The fourth-order valence-corrected chi connectivity index (χ4v) is 1.72. The van der Waals surface area contributed by atoms with Gasteiger partial charge in [0.1, 0.15) is 0 Å². The molecule has 0 saturated carbocycles. The van der Waals surface area contributed by atoms with E-state index in [1.807, 2.05) is 6.92 Å². The van der Waals surface area contributed by atoms with E-state index in [1.54, 1.807) is 24.3 Å². The van der Waals surface area contributed by atoms with Crippen molar-refractivity contribution in [3.63, 3.8) is 0 Å². The number of amides is 1. The van der Waals surface area contributed by atoms with Gasteiger partial charge in [-0.15, -0.1) is 0 Å². The van der Waals surface area contributed by atoms with Gasteiger partial charge in [-0.05, 0) is 26.0 Å². The van der Waals surface area contributed by atoms with E-state index < -0.39 is 0 Å². The maximum atomic E-state index is 11.9. The molecule has 0 atom stereocenters. The molecule has 0 saturated heterocycles. The first-order valence-electron chi connectivity index (χ1n) is 5.96. The van der Waals surface area contributed by atoms with Crippen molar-refractivity contribution in [3.05, 3.63) is 46.0 Å². The molecule has 0 aromatic heterocycles. The van der Waals surface area contributed by atoms with Crippen molar-refractivity contribution in [1.29, 1.82) is 0 Å². The Hall–Kier alpha value is -1.65. The predicted molar refractivity (Wildman–Crippen MR) is 76.4 cm³/mol. The summed E-state index contributed by atoms with van der Waals surface area (Å²) in [5.41, 5.74) is 7.09. The summed E-state index contributed by atoms with van der Waals surface area (Å²) in [4.78, 5) is 22.8. The Bertz CT molecular complexity index is 498. The van der Waals surface area contributed by atoms with Gasteiger partial charge < -0.3 is 11.1 Å². The van der Waals surface area contributed by atoms with Crippen LogP contribution in [0.4, 0.5) is 0 Å². The Kier molecular flexibility index (Phi) is 6.25. The summed E-state index contributed by atoms with van der Waals surface area (Å²) < 4.78 is 0. The van der Waals surface area contributed by atoms with Crippen molar-refractivity contribution in [2.24, 2.45) is 5.73 Å². The largest absolute Gasteiger partial charge is 0.347 e. The van der Waals surface area contributed by atoms with E-state index in [0.29, 0.717) is 35.4 Å². The zero-order chi connectivity index (χ0) is 14.3. The SMILES string of the molecule is C/C(CCN)=C(/Cl)CNC(=O)c1ccccc1C=O. The summed E-state index contributed by atoms with van der Waals surface area (Å²) in [6.07, 6.45) is 1.35. The minimum absolute atomic E-state index is 0.236. The highest BCUT2D eigenvalue weighted by Gasteiger charge is 2.10. The van der Waals surface area contributed by atoms with Crippen LogP contribution in [-0.4, -0.2) is 25.3 Å². The van der Waals surface area contributed by atoms with E-state index in [1.165, 1.54) is 0 Å². The van der Waals surface area contributed by atoms with Gasteiger partial charge in [-0.3, -0.25) is 9.59 Å².